The molecule has 30 heavy (non-hydrogen) atoms. The largest absolute Gasteiger partial charge is 0.496 e. The minimum Gasteiger partial charge on any atom is -0.496 e. The van der Waals surface area contributed by atoms with Crippen molar-refractivity contribution in [2.45, 2.75) is 19.9 Å². The molecule has 1 unspecified atom stereocenters. The number of methoxy groups -OCH3 is 1. The third kappa shape index (κ3) is 4.83. The molecule has 3 aromatic rings. The fourth-order valence-corrected chi connectivity index (χ4v) is 3.31. The third-order valence-corrected chi connectivity index (χ3v) is 5.14. The number of halogens is 1. The summed E-state index contributed by atoms with van der Waals surface area (Å²) in [6, 6.07) is 12.4. The number of nitrogens with one attached hydrogen (secondary N) is 1. The maximum absolute atomic E-state index is 12.7. The first-order valence-electron chi connectivity index (χ1n) is 9.44. The molecule has 0 aliphatic rings. The van der Waals surface area contributed by atoms with E-state index in [0.29, 0.717) is 17.5 Å². The van der Waals surface area contributed by atoms with Crippen LogP contribution in [0.15, 0.2) is 51.7 Å². The molecule has 0 aliphatic heterocycles. The number of carbonyl (C=O) groups excluding carboxylic acids is 1. The average molecular weight is 431 g/mol. The molecule has 1 N–H and O–H groups in total. The Morgan fingerprint density at radius 1 is 1.13 bits per heavy atom. The van der Waals surface area contributed by atoms with Gasteiger partial charge in [0.05, 0.1) is 18.5 Å². The number of nitrogens with zero attached hydrogens (tertiary/aromatic N) is 1. The lowest BCUT2D eigenvalue weighted by molar-refractivity contribution is 0.0914. The molecule has 0 spiro atoms. The number of rotatable bonds is 6. The van der Waals surface area contributed by atoms with Gasteiger partial charge in [-0.2, -0.15) is 0 Å². The van der Waals surface area contributed by atoms with Crippen molar-refractivity contribution in [1.29, 1.82) is 0 Å². The highest BCUT2D eigenvalue weighted by Crippen LogP contribution is 2.27. The van der Waals surface area contributed by atoms with Gasteiger partial charge in [0, 0.05) is 18.2 Å². The van der Waals surface area contributed by atoms with Gasteiger partial charge in [-0.15, -0.1) is 12.4 Å². The highest BCUT2D eigenvalue weighted by atomic mass is 35.5. The summed E-state index contributed by atoms with van der Waals surface area (Å²) < 4.78 is 11.2. The Morgan fingerprint density at radius 2 is 1.80 bits per heavy atom. The molecule has 1 atom stereocenters. The number of hydrogen-bond acceptors (Lipinski definition) is 5. The molecule has 7 heteroatoms. The molecule has 0 bridgehead atoms. The highest BCUT2D eigenvalue weighted by Gasteiger charge is 2.20. The standard InChI is InChI=1S/C23H26N2O4.ClH/c1-14-10-17-19(26)12-22(29-21(17)11-15(14)2)23(27)24-13-18(25(3)4)16-8-6-7-9-20(16)28-5;/h6-12,18H,13H2,1-5H3,(H,24,27);1H. The molecule has 0 aliphatic carbocycles. The van der Waals surface area contributed by atoms with Gasteiger partial charge >= 0.3 is 0 Å². The predicted molar refractivity (Wildman–Crippen MR) is 121 cm³/mol. The molecule has 160 valence electrons. The molecule has 1 aromatic heterocycles. The van der Waals surface area contributed by atoms with E-state index in [0.717, 1.165) is 22.4 Å². The first-order chi connectivity index (χ1) is 13.8. The number of fused-ring (bicyclic) bond motifs is 1. The normalized spacial score (nSPS) is 11.8. The van der Waals surface area contributed by atoms with Gasteiger partial charge in [0.1, 0.15) is 11.3 Å². The molecule has 3 rings (SSSR count). The SMILES string of the molecule is COc1ccccc1C(CNC(=O)c1cc(=O)c2cc(C)c(C)cc2o1)N(C)C.Cl. The van der Waals surface area contributed by atoms with E-state index in [1.165, 1.54) is 6.07 Å². The summed E-state index contributed by atoms with van der Waals surface area (Å²) in [5.74, 6) is 0.329. The van der Waals surface area contributed by atoms with Crippen molar-refractivity contribution in [2.75, 3.05) is 27.7 Å². The van der Waals surface area contributed by atoms with Crippen LogP contribution in [0, 0.1) is 13.8 Å². The Balaban J connectivity index is 0.00000320. The molecule has 0 saturated carbocycles. The van der Waals surface area contributed by atoms with Gasteiger partial charge in [-0.25, -0.2) is 0 Å². The number of para-hydroxylation sites is 1. The van der Waals surface area contributed by atoms with Crippen LogP contribution in [0.3, 0.4) is 0 Å². The van der Waals surface area contributed by atoms with Gasteiger partial charge in [-0.3, -0.25) is 9.59 Å². The quantitative estimate of drug-likeness (QED) is 0.642. The van der Waals surface area contributed by atoms with Crippen LogP contribution < -0.4 is 15.5 Å². The van der Waals surface area contributed by atoms with Crippen molar-refractivity contribution in [3.63, 3.8) is 0 Å². The van der Waals surface area contributed by atoms with E-state index < -0.39 is 5.91 Å². The third-order valence-electron chi connectivity index (χ3n) is 5.14. The van der Waals surface area contributed by atoms with Gasteiger partial charge in [0.25, 0.3) is 5.91 Å². The van der Waals surface area contributed by atoms with Crippen LogP contribution in [-0.4, -0.2) is 38.6 Å². The Labute approximate surface area is 182 Å². The number of hydrogen-bond donors (Lipinski definition) is 1. The second-order valence-electron chi connectivity index (χ2n) is 7.34. The number of likely N-dealkylation sites (N-methyl/N-ethyl adjacent to an activating group) is 1. The number of aryl methyl sites for hydroxylation is 2. The van der Waals surface area contributed by atoms with Crippen LogP contribution in [0.1, 0.15) is 33.3 Å². The van der Waals surface area contributed by atoms with E-state index in [1.54, 1.807) is 19.2 Å². The van der Waals surface area contributed by atoms with Crippen molar-refractivity contribution in [3.05, 3.63) is 75.1 Å². The fourth-order valence-electron chi connectivity index (χ4n) is 3.31. The summed E-state index contributed by atoms with van der Waals surface area (Å²) >= 11 is 0. The zero-order valence-corrected chi connectivity index (χ0v) is 18.6. The van der Waals surface area contributed by atoms with Crippen LogP contribution >= 0.6 is 12.4 Å². The smallest absolute Gasteiger partial charge is 0.287 e. The van der Waals surface area contributed by atoms with E-state index in [9.17, 15) is 9.59 Å². The van der Waals surface area contributed by atoms with Gasteiger partial charge in [-0.05, 0) is 57.3 Å². The van der Waals surface area contributed by atoms with E-state index in [-0.39, 0.29) is 29.6 Å². The summed E-state index contributed by atoms with van der Waals surface area (Å²) in [7, 11) is 5.49. The topological polar surface area (TPSA) is 71.8 Å². The van der Waals surface area contributed by atoms with Gasteiger partial charge < -0.3 is 19.4 Å². The fraction of sp³-hybridized carbons (Fsp3) is 0.304. The molecular formula is C23H27ClN2O4. The van der Waals surface area contributed by atoms with Crippen LogP contribution in [0.2, 0.25) is 0 Å². The maximum atomic E-state index is 12.7. The van der Waals surface area contributed by atoms with E-state index in [2.05, 4.69) is 5.32 Å². The summed E-state index contributed by atoms with van der Waals surface area (Å²) in [5.41, 5.74) is 3.16. The lowest BCUT2D eigenvalue weighted by atomic mass is 10.0. The molecule has 0 saturated heterocycles. The Kier molecular flexibility index (Phi) is 7.65. The van der Waals surface area contributed by atoms with Crippen molar-refractivity contribution >= 4 is 29.3 Å². The second-order valence-corrected chi connectivity index (χ2v) is 7.34. The van der Waals surface area contributed by atoms with Crippen LogP contribution in [0.4, 0.5) is 0 Å². The number of benzene rings is 2. The lowest BCUT2D eigenvalue weighted by Gasteiger charge is -2.26. The Morgan fingerprint density at radius 3 is 2.47 bits per heavy atom. The van der Waals surface area contributed by atoms with Gasteiger partial charge in [-0.1, -0.05) is 18.2 Å². The molecule has 0 fully saturated rings. The number of carbonyl (C=O) groups is 1. The van der Waals surface area contributed by atoms with Gasteiger partial charge in [0.2, 0.25) is 0 Å². The van der Waals surface area contributed by atoms with Crippen molar-refractivity contribution < 1.29 is 13.9 Å². The summed E-state index contributed by atoms with van der Waals surface area (Å²) in [6.07, 6.45) is 0. The van der Waals surface area contributed by atoms with Crippen molar-refractivity contribution in [1.82, 2.24) is 10.2 Å². The Hall–Kier alpha value is -2.83. The summed E-state index contributed by atoms with van der Waals surface area (Å²) in [6.45, 7) is 4.21. The lowest BCUT2D eigenvalue weighted by Crippen LogP contribution is -2.35. The zero-order valence-electron chi connectivity index (χ0n) is 17.8. The minimum absolute atomic E-state index is 0. The maximum Gasteiger partial charge on any atom is 0.287 e. The average Bonchev–Trinajstić information content (AvgIpc) is 2.69. The number of ether oxygens (including phenoxy) is 1. The molecule has 1 heterocycles. The minimum atomic E-state index is -0.427. The van der Waals surface area contributed by atoms with Crippen molar-refractivity contribution in [3.8, 4) is 5.75 Å². The summed E-state index contributed by atoms with van der Waals surface area (Å²) in [4.78, 5) is 27.2. The highest BCUT2D eigenvalue weighted by molar-refractivity contribution is 5.93. The molecule has 1 amide bonds. The number of amides is 1. The van der Waals surface area contributed by atoms with Gasteiger partial charge in [0.15, 0.2) is 11.2 Å². The van der Waals surface area contributed by atoms with Crippen LogP contribution in [0.25, 0.3) is 11.0 Å². The monoisotopic (exact) mass is 430 g/mol. The molecular weight excluding hydrogens is 404 g/mol. The molecule has 6 nitrogen and oxygen atoms in total. The zero-order chi connectivity index (χ0) is 21.1. The van der Waals surface area contributed by atoms with Crippen LogP contribution in [0.5, 0.6) is 5.75 Å². The van der Waals surface area contributed by atoms with E-state index >= 15 is 0 Å². The first-order valence-corrected chi connectivity index (χ1v) is 9.44. The molecule has 0 radical (unpaired) electrons. The second kappa shape index (κ2) is 9.78. The molecule has 2 aromatic carbocycles. The first kappa shape index (κ1) is 23.4. The van der Waals surface area contributed by atoms with E-state index in [1.807, 2.05) is 57.1 Å². The predicted octanol–water partition coefficient (Wildman–Crippen LogP) is 3.87. The summed E-state index contributed by atoms with van der Waals surface area (Å²) in [5, 5.41) is 3.36. The Bertz CT molecular complexity index is 1110. The van der Waals surface area contributed by atoms with E-state index in [4.69, 9.17) is 9.15 Å². The van der Waals surface area contributed by atoms with Crippen LogP contribution in [-0.2, 0) is 0 Å². The van der Waals surface area contributed by atoms with Crippen molar-refractivity contribution in [2.24, 2.45) is 0 Å².